The van der Waals surface area contributed by atoms with Gasteiger partial charge in [-0.2, -0.15) is 0 Å². The molecular formula is C9H11NO2. The average Bonchev–Trinajstić information content (AvgIpc) is 2.28. The summed E-state index contributed by atoms with van der Waals surface area (Å²) in [6.07, 6.45) is 3.26. The molecule has 0 aromatic rings. The van der Waals surface area contributed by atoms with E-state index in [9.17, 15) is 9.59 Å². The number of hydrogen-bond donors (Lipinski definition) is 0. The summed E-state index contributed by atoms with van der Waals surface area (Å²) in [5.74, 6) is -0.442. The lowest BCUT2D eigenvalue weighted by Crippen LogP contribution is -2.30. The van der Waals surface area contributed by atoms with Crippen molar-refractivity contribution in [3.05, 3.63) is 24.3 Å². The van der Waals surface area contributed by atoms with Gasteiger partial charge in [0.2, 0.25) is 0 Å². The second-order valence-corrected chi connectivity index (χ2v) is 2.87. The van der Waals surface area contributed by atoms with Crippen molar-refractivity contribution in [1.29, 1.82) is 0 Å². The Hall–Kier alpha value is -1.38. The second-order valence-electron chi connectivity index (χ2n) is 2.87. The zero-order valence-electron chi connectivity index (χ0n) is 7.04. The van der Waals surface area contributed by atoms with E-state index in [-0.39, 0.29) is 11.8 Å². The van der Waals surface area contributed by atoms with Gasteiger partial charge in [-0.3, -0.25) is 14.5 Å². The lowest BCUT2D eigenvalue weighted by molar-refractivity contribution is -0.136. The number of carbonyl (C=O) groups excluding carboxylic acids is 2. The van der Waals surface area contributed by atoms with Crippen LogP contribution >= 0.6 is 0 Å². The zero-order chi connectivity index (χ0) is 9.14. The van der Waals surface area contributed by atoms with E-state index < -0.39 is 0 Å². The van der Waals surface area contributed by atoms with Crippen molar-refractivity contribution in [2.45, 2.75) is 13.3 Å². The number of nitrogens with zero attached hydrogens (tertiary/aromatic N) is 1. The number of carbonyl (C=O) groups is 2. The maximum atomic E-state index is 11.0. The van der Waals surface area contributed by atoms with E-state index >= 15 is 0 Å². The molecule has 0 bridgehead atoms. The molecule has 0 N–H and O–H groups in total. The van der Waals surface area contributed by atoms with Gasteiger partial charge >= 0.3 is 0 Å². The highest BCUT2D eigenvalue weighted by atomic mass is 16.2. The summed E-state index contributed by atoms with van der Waals surface area (Å²) in [7, 11) is 0. The maximum absolute atomic E-state index is 11.0. The van der Waals surface area contributed by atoms with Crippen LogP contribution in [0.3, 0.4) is 0 Å². The number of imide groups is 1. The number of rotatable bonds is 3. The fourth-order valence-electron chi connectivity index (χ4n) is 0.954. The third kappa shape index (κ3) is 1.81. The molecule has 12 heavy (non-hydrogen) atoms. The quantitative estimate of drug-likeness (QED) is 0.460. The molecule has 1 heterocycles. The molecule has 0 saturated heterocycles. The summed E-state index contributed by atoms with van der Waals surface area (Å²) in [6.45, 7) is 6.01. The van der Waals surface area contributed by atoms with Crippen LogP contribution in [0.25, 0.3) is 0 Å². The lowest BCUT2D eigenvalue weighted by atomic mass is 10.2. The van der Waals surface area contributed by atoms with Gasteiger partial charge in [0.05, 0.1) is 0 Å². The highest BCUT2D eigenvalue weighted by Crippen LogP contribution is 2.06. The molecule has 0 aromatic heterocycles. The summed E-state index contributed by atoms with van der Waals surface area (Å²) in [4.78, 5) is 23.2. The molecule has 0 spiro atoms. The highest BCUT2D eigenvalue weighted by Gasteiger charge is 2.22. The number of hydrogen-bond acceptors (Lipinski definition) is 2. The van der Waals surface area contributed by atoms with E-state index in [1.54, 1.807) is 0 Å². The minimum Gasteiger partial charge on any atom is -0.275 e. The highest BCUT2D eigenvalue weighted by molar-refractivity contribution is 6.12. The van der Waals surface area contributed by atoms with E-state index in [1.807, 2.05) is 6.92 Å². The molecule has 3 nitrogen and oxygen atoms in total. The van der Waals surface area contributed by atoms with Gasteiger partial charge in [-0.05, 0) is 13.3 Å². The summed E-state index contributed by atoms with van der Waals surface area (Å²) in [5.41, 5.74) is 0.975. The summed E-state index contributed by atoms with van der Waals surface area (Å²) >= 11 is 0. The fourth-order valence-corrected chi connectivity index (χ4v) is 0.954. The van der Waals surface area contributed by atoms with Gasteiger partial charge in [0.15, 0.2) is 0 Å². The van der Waals surface area contributed by atoms with Crippen LogP contribution in [0.2, 0.25) is 0 Å². The van der Waals surface area contributed by atoms with Gasteiger partial charge in [-0.15, -0.1) is 6.58 Å². The predicted octanol–water partition coefficient (Wildman–Crippen LogP) is 0.878. The fraction of sp³-hybridized carbons (Fsp3) is 0.333. The third-order valence-electron chi connectivity index (χ3n) is 1.66. The van der Waals surface area contributed by atoms with Crippen LogP contribution in [-0.4, -0.2) is 23.3 Å². The summed E-state index contributed by atoms with van der Waals surface area (Å²) in [5, 5.41) is 0. The molecule has 0 unspecified atom stereocenters. The van der Waals surface area contributed by atoms with Crippen LogP contribution in [0.4, 0.5) is 0 Å². The van der Waals surface area contributed by atoms with Crippen LogP contribution in [0.5, 0.6) is 0 Å². The smallest absolute Gasteiger partial charge is 0.253 e. The van der Waals surface area contributed by atoms with E-state index in [0.29, 0.717) is 13.0 Å². The monoisotopic (exact) mass is 165 g/mol. The molecule has 3 heteroatoms. The maximum Gasteiger partial charge on any atom is 0.253 e. The molecule has 2 amide bonds. The summed E-state index contributed by atoms with van der Waals surface area (Å²) < 4.78 is 0. The Balaban J connectivity index is 2.48. The molecule has 64 valence electrons. The molecule has 0 aliphatic carbocycles. The van der Waals surface area contributed by atoms with Gasteiger partial charge < -0.3 is 0 Å². The molecule has 0 aromatic carbocycles. The van der Waals surface area contributed by atoms with Gasteiger partial charge in [0.1, 0.15) is 0 Å². The van der Waals surface area contributed by atoms with Crippen molar-refractivity contribution >= 4 is 11.8 Å². The van der Waals surface area contributed by atoms with E-state index in [4.69, 9.17) is 0 Å². The first-order valence-corrected chi connectivity index (χ1v) is 3.79. The van der Waals surface area contributed by atoms with Crippen LogP contribution in [0.15, 0.2) is 24.3 Å². The Morgan fingerprint density at radius 1 is 1.42 bits per heavy atom. The minimum absolute atomic E-state index is 0.221. The van der Waals surface area contributed by atoms with Crippen molar-refractivity contribution in [3.8, 4) is 0 Å². The Morgan fingerprint density at radius 2 is 1.92 bits per heavy atom. The lowest BCUT2D eigenvalue weighted by Gasteiger charge is -2.12. The normalized spacial score (nSPS) is 15.9. The van der Waals surface area contributed by atoms with Crippen molar-refractivity contribution in [1.82, 2.24) is 4.90 Å². The second kappa shape index (κ2) is 3.34. The van der Waals surface area contributed by atoms with Crippen LogP contribution in [0, 0.1) is 0 Å². The first-order valence-electron chi connectivity index (χ1n) is 3.79. The first kappa shape index (κ1) is 8.71. The Morgan fingerprint density at radius 3 is 2.33 bits per heavy atom. The zero-order valence-corrected chi connectivity index (χ0v) is 7.04. The van der Waals surface area contributed by atoms with Crippen molar-refractivity contribution in [2.24, 2.45) is 0 Å². The van der Waals surface area contributed by atoms with Crippen LogP contribution in [0.1, 0.15) is 13.3 Å². The van der Waals surface area contributed by atoms with E-state index in [0.717, 1.165) is 5.57 Å². The van der Waals surface area contributed by atoms with Crippen molar-refractivity contribution < 1.29 is 9.59 Å². The predicted molar refractivity (Wildman–Crippen MR) is 45.3 cm³/mol. The molecule has 1 rings (SSSR count). The summed E-state index contributed by atoms with van der Waals surface area (Å²) in [6, 6.07) is 0. The Labute approximate surface area is 71.4 Å². The Bertz CT molecular complexity index is 248. The largest absolute Gasteiger partial charge is 0.275 e. The van der Waals surface area contributed by atoms with Crippen molar-refractivity contribution in [3.63, 3.8) is 0 Å². The SMILES string of the molecule is C=C(C)CCN1C(=O)C=CC1=O. The van der Waals surface area contributed by atoms with Gasteiger partial charge in [0, 0.05) is 18.7 Å². The molecule has 0 saturated carbocycles. The van der Waals surface area contributed by atoms with Crippen LogP contribution in [-0.2, 0) is 9.59 Å². The standard InChI is InChI=1S/C9H11NO2/c1-7(2)5-6-10-8(11)3-4-9(10)12/h3-4H,1,5-6H2,2H3. The van der Waals surface area contributed by atoms with Crippen LogP contribution < -0.4 is 0 Å². The molecule has 0 atom stereocenters. The molecular weight excluding hydrogens is 154 g/mol. The molecule has 1 aliphatic rings. The third-order valence-corrected chi connectivity index (χ3v) is 1.66. The topological polar surface area (TPSA) is 37.4 Å². The van der Waals surface area contributed by atoms with Gasteiger partial charge in [-0.25, -0.2) is 0 Å². The average molecular weight is 165 g/mol. The van der Waals surface area contributed by atoms with Gasteiger partial charge in [-0.1, -0.05) is 5.57 Å². The van der Waals surface area contributed by atoms with E-state index in [2.05, 4.69) is 6.58 Å². The Kier molecular flexibility index (Phi) is 2.43. The molecule has 0 fully saturated rings. The number of amides is 2. The van der Waals surface area contributed by atoms with Crippen molar-refractivity contribution in [2.75, 3.05) is 6.54 Å². The minimum atomic E-state index is -0.221. The molecule has 1 aliphatic heterocycles. The van der Waals surface area contributed by atoms with E-state index in [1.165, 1.54) is 17.1 Å². The van der Waals surface area contributed by atoms with Gasteiger partial charge in [0.25, 0.3) is 11.8 Å². The first-order chi connectivity index (χ1) is 5.61. The molecule has 0 radical (unpaired) electrons.